The normalized spacial score (nSPS) is 15.6. The molecule has 0 unspecified atom stereocenters. The molecule has 0 radical (unpaired) electrons. The number of imidazole rings is 1. The van der Waals surface area contributed by atoms with E-state index in [2.05, 4.69) is 15.1 Å². The number of nitrogens with zero attached hydrogens (tertiary/aromatic N) is 4. The number of hydrogen-bond donors (Lipinski definition) is 1. The largest absolute Gasteiger partial charge is 0.383 e. The number of amidine groups is 2. The third-order valence-electron chi connectivity index (χ3n) is 3.31. The lowest BCUT2D eigenvalue weighted by molar-refractivity contribution is 0.905. The summed E-state index contributed by atoms with van der Waals surface area (Å²) < 4.78 is 1.73. The van der Waals surface area contributed by atoms with Gasteiger partial charge in [0.2, 0.25) is 0 Å². The second-order valence-electron chi connectivity index (χ2n) is 4.54. The Balaban J connectivity index is 1.90. The first-order valence-corrected chi connectivity index (χ1v) is 6.28. The zero-order chi connectivity index (χ0) is 13.5. The molecule has 1 aromatic heterocycles. The molecule has 96 valence electrons. The highest BCUT2D eigenvalue weighted by Crippen LogP contribution is 2.19. The molecule has 1 aliphatic heterocycles. The fourth-order valence-corrected chi connectivity index (χ4v) is 2.34. The van der Waals surface area contributed by atoms with E-state index >= 15 is 0 Å². The van der Waals surface area contributed by atoms with Crippen LogP contribution >= 0.6 is 0 Å². The molecule has 3 aromatic rings. The van der Waals surface area contributed by atoms with Crippen molar-refractivity contribution >= 4 is 22.7 Å². The smallest absolute Gasteiger partial charge is 0.182 e. The predicted molar refractivity (Wildman–Crippen MR) is 78.8 cm³/mol. The molecule has 0 bridgehead atoms. The zero-order valence-corrected chi connectivity index (χ0v) is 10.6. The van der Waals surface area contributed by atoms with Crippen molar-refractivity contribution in [3.63, 3.8) is 0 Å². The standard InChI is InChI=1S/C15H11N5/c16-14-10-5-1-2-6-11(10)15(18-14)19-20-9-17-12-7-3-4-8-13(12)20/h1-9H,(H2,16,18,19). The SMILES string of the molecule is NC1=NC(=Nn2cnc3ccccc32)c2ccccc21. The van der Waals surface area contributed by atoms with Gasteiger partial charge >= 0.3 is 0 Å². The Labute approximate surface area is 115 Å². The first-order chi connectivity index (χ1) is 9.83. The van der Waals surface area contributed by atoms with E-state index in [1.165, 1.54) is 0 Å². The van der Waals surface area contributed by atoms with Crippen molar-refractivity contribution < 1.29 is 0 Å². The summed E-state index contributed by atoms with van der Waals surface area (Å²) in [6.45, 7) is 0. The minimum Gasteiger partial charge on any atom is -0.383 e. The Bertz CT molecular complexity index is 873. The highest BCUT2D eigenvalue weighted by Gasteiger charge is 2.19. The third kappa shape index (κ3) is 1.53. The van der Waals surface area contributed by atoms with Crippen molar-refractivity contribution in [1.29, 1.82) is 0 Å². The lowest BCUT2D eigenvalue weighted by atomic mass is 10.1. The summed E-state index contributed by atoms with van der Waals surface area (Å²) in [6, 6.07) is 15.6. The number of para-hydroxylation sites is 2. The average Bonchev–Trinajstić information content (AvgIpc) is 3.03. The maximum absolute atomic E-state index is 5.92. The van der Waals surface area contributed by atoms with E-state index in [1.54, 1.807) is 11.0 Å². The van der Waals surface area contributed by atoms with Crippen LogP contribution in [0, 0.1) is 0 Å². The quantitative estimate of drug-likeness (QED) is 0.727. The van der Waals surface area contributed by atoms with Crippen LogP contribution in [0.1, 0.15) is 11.1 Å². The molecule has 5 heteroatoms. The molecule has 1 aliphatic rings. The van der Waals surface area contributed by atoms with Gasteiger partial charge in [-0.1, -0.05) is 36.4 Å². The molecule has 2 aromatic carbocycles. The number of rotatable bonds is 1. The summed E-state index contributed by atoms with van der Waals surface area (Å²) in [5.74, 6) is 1.12. The molecule has 0 aliphatic carbocycles. The van der Waals surface area contributed by atoms with Crippen molar-refractivity contribution in [3.8, 4) is 0 Å². The molecule has 20 heavy (non-hydrogen) atoms. The maximum Gasteiger partial charge on any atom is 0.182 e. The van der Waals surface area contributed by atoms with Crippen molar-refractivity contribution in [3.05, 3.63) is 66.0 Å². The van der Waals surface area contributed by atoms with Crippen LogP contribution in [0.15, 0.2) is 65.0 Å². The molecule has 2 heterocycles. The van der Waals surface area contributed by atoms with Gasteiger partial charge in [0, 0.05) is 11.1 Å². The maximum atomic E-state index is 5.92. The van der Waals surface area contributed by atoms with Crippen LogP contribution in [0.4, 0.5) is 0 Å². The van der Waals surface area contributed by atoms with Crippen LogP contribution in [-0.2, 0) is 0 Å². The lowest BCUT2D eigenvalue weighted by Gasteiger charge is -1.99. The number of hydrogen-bond acceptors (Lipinski definition) is 3. The lowest BCUT2D eigenvalue weighted by Crippen LogP contribution is -2.09. The highest BCUT2D eigenvalue weighted by molar-refractivity contribution is 6.21. The fourth-order valence-electron chi connectivity index (χ4n) is 2.34. The number of aromatic nitrogens is 2. The first-order valence-electron chi connectivity index (χ1n) is 6.28. The summed E-state index contributed by atoms with van der Waals surface area (Å²) in [5.41, 5.74) is 9.64. The van der Waals surface area contributed by atoms with E-state index in [9.17, 15) is 0 Å². The van der Waals surface area contributed by atoms with E-state index in [4.69, 9.17) is 5.73 Å². The van der Waals surface area contributed by atoms with Crippen molar-refractivity contribution in [2.24, 2.45) is 15.8 Å². The van der Waals surface area contributed by atoms with Gasteiger partial charge in [-0.15, -0.1) is 5.10 Å². The monoisotopic (exact) mass is 261 g/mol. The van der Waals surface area contributed by atoms with Gasteiger partial charge in [-0.3, -0.25) is 0 Å². The van der Waals surface area contributed by atoms with Crippen LogP contribution < -0.4 is 5.73 Å². The number of nitrogens with two attached hydrogens (primary N) is 1. The number of fused-ring (bicyclic) bond motifs is 2. The minimum atomic E-state index is 0.503. The third-order valence-corrected chi connectivity index (χ3v) is 3.31. The van der Waals surface area contributed by atoms with Crippen molar-refractivity contribution in [2.75, 3.05) is 0 Å². The molecule has 5 nitrogen and oxygen atoms in total. The van der Waals surface area contributed by atoms with Crippen LogP contribution in [-0.4, -0.2) is 21.3 Å². The molecule has 0 saturated heterocycles. The minimum absolute atomic E-state index is 0.503. The second-order valence-corrected chi connectivity index (χ2v) is 4.54. The second kappa shape index (κ2) is 4.03. The van der Waals surface area contributed by atoms with Gasteiger partial charge in [0.15, 0.2) is 5.84 Å². The molecule has 0 fully saturated rings. The molecule has 0 saturated carbocycles. The van der Waals surface area contributed by atoms with Crippen molar-refractivity contribution in [2.45, 2.75) is 0 Å². The van der Waals surface area contributed by atoms with Crippen LogP contribution in [0.3, 0.4) is 0 Å². The van der Waals surface area contributed by atoms with E-state index in [0.717, 1.165) is 22.2 Å². The highest BCUT2D eigenvalue weighted by atomic mass is 15.4. The topological polar surface area (TPSA) is 68.6 Å². The molecule has 0 amide bonds. The summed E-state index contributed by atoms with van der Waals surface area (Å²) in [7, 11) is 0. The Morgan fingerprint density at radius 3 is 2.60 bits per heavy atom. The molecule has 4 rings (SSSR count). The van der Waals surface area contributed by atoms with Crippen molar-refractivity contribution in [1.82, 2.24) is 9.66 Å². The van der Waals surface area contributed by atoms with Crippen LogP contribution in [0.2, 0.25) is 0 Å². The first kappa shape index (κ1) is 10.9. The van der Waals surface area contributed by atoms with E-state index < -0.39 is 0 Å². The molecule has 2 N–H and O–H groups in total. The Morgan fingerprint density at radius 1 is 0.950 bits per heavy atom. The van der Waals surface area contributed by atoms with Gasteiger partial charge < -0.3 is 5.73 Å². The van der Waals surface area contributed by atoms with Crippen LogP contribution in [0.25, 0.3) is 11.0 Å². The number of aliphatic imine (C=N–C) groups is 1. The summed E-state index contributed by atoms with van der Waals surface area (Å²) in [5, 5.41) is 4.54. The predicted octanol–water partition coefficient (Wildman–Crippen LogP) is 1.97. The van der Waals surface area contributed by atoms with Gasteiger partial charge in [0.25, 0.3) is 0 Å². The average molecular weight is 261 g/mol. The van der Waals surface area contributed by atoms with E-state index in [-0.39, 0.29) is 0 Å². The number of benzene rings is 2. The van der Waals surface area contributed by atoms with Gasteiger partial charge in [-0.2, -0.15) is 0 Å². The van der Waals surface area contributed by atoms with Gasteiger partial charge in [0.1, 0.15) is 12.2 Å². The summed E-state index contributed by atoms with van der Waals surface area (Å²) in [6.07, 6.45) is 1.68. The summed E-state index contributed by atoms with van der Waals surface area (Å²) >= 11 is 0. The molecular formula is C15H11N5. The molecular weight excluding hydrogens is 250 g/mol. The van der Waals surface area contributed by atoms with Crippen LogP contribution in [0.5, 0.6) is 0 Å². The molecule has 0 atom stereocenters. The Morgan fingerprint density at radius 2 is 1.70 bits per heavy atom. The van der Waals surface area contributed by atoms with Gasteiger partial charge in [0.05, 0.1) is 11.0 Å². The Hall–Kier alpha value is -2.95. The van der Waals surface area contributed by atoms with E-state index in [0.29, 0.717) is 11.7 Å². The Kier molecular flexibility index (Phi) is 2.20. The van der Waals surface area contributed by atoms with Gasteiger partial charge in [-0.25, -0.2) is 14.7 Å². The fraction of sp³-hybridized carbons (Fsp3) is 0. The zero-order valence-electron chi connectivity index (χ0n) is 10.6. The van der Waals surface area contributed by atoms with E-state index in [1.807, 2.05) is 48.5 Å². The van der Waals surface area contributed by atoms with Gasteiger partial charge in [-0.05, 0) is 12.1 Å². The summed E-state index contributed by atoms with van der Waals surface area (Å²) in [4.78, 5) is 8.65. The molecule has 0 spiro atoms.